The molecule has 0 bridgehead atoms. The van der Waals surface area contributed by atoms with Crippen LogP contribution in [0.15, 0.2) is 23.6 Å². The van der Waals surface area contributed by atoms with Crippen LogP contribution >= 0.6 is 11.3 Å². The number of nitrogens with zero attached hydrogens (tertiary/aromatic N) is 2. The zero-order chi connectivity index (χ0) is 13.2. The topological polar surface area (TPSA) is 49.0 Å². The Kier molecular flexibility index (Phi) is 3.38. The van der Waals surface area contributed by atoms with E-state index in [0.29, 0.717) is 5.69 Å². The van der Waals surface area contributed by atoms with Crippen molar-refractivity contribution in [2.45, 2.75) is 19.8 Å². The number of piperidine rings is 1. The second-order valence-electron chi connectivity index (χ2n) is 5.12. The molecule has 1 amide bonds. The first kappa shape index (κ1) is 12.4. The Morgan fingerprint density at radius 1 is 1.47 bits per heavy atom. The molecule has 0 radical (unpaired) electrons. The molecule has 0 aliphatic carbocycles. The van der Waals surface area contributed by atoms with Crippen molar-refractivity contribution in [3.8, 4) is 10.6 Å². The molecule has 5 heteroatoms. The first-order valence-electron chi connectivity index (χ1n) is 6.62. The number of nitrogens with one attached hydrogen (secondary N) is 1. The van der Waals surface area contributed by atoms with Gasteiger partial charge < -0.3 is 4.90 Å². The minimum Gasteiger partial charge on any atom is -0.337 e. The number of carbonyl (C=O) groups is 1. The molecular formula is C14H17N3OS. The van der Waals surface area contributed by atoms with E-state index in [0.717, 1.165) is 42.4 Å². The maximum atomic E-state index is 12.3. The second-order valence-corrected chi connectivity index (χ2v) is 6.07. The summed E-state index contributed by atoms with van der Waals surface area (Å²) in [5, 5.41) is 9.12. The number of H-pyrrole nitrogens is 1. The number of thiophene rings is 1. The van der Waals surface area contributed by atoms with Crippen LogP contribution in [0.2, 0.25) is 0 Å². The number of rotatable bonds is 2. The van der Waals surface area contributed by atoms with E-state index >= 15 is 0 Å². The Bertz CT molecular complexity index is 553. The third-order valence-corrected chi connectivity index (χ3v) is 4.56. The summed E-state index contributed by atoms with van der Waals surface area (Å²) in [4.78, 5) is 15.4. The van der Waals surface area contributed by atoms with E-state index in [-0.39, 0.29) is 5.91 Å². The SMILES string of the molecule is CC1CCN(C(=O)c2cc(-c3cccs3)[nH]n2)CC1. The van der Waals surface area contributed by atoms with Gasteiger partial charge >= 0.3 is 0 Å². The van der Waals surface area contributed by atoms with Crippen LogP contribution in [0, 0.1) is 5.92 Å². The molecular weight excluding hydrogens is 258 g/mol. The van der Waals surface area contributed by atoms with E-state index < -0.39 is 0 Å². The maximum Gasteiger partial charge on any atom is 0.274 e. The summed E-state index contributed by atoms with van der Waals surface area (Å²) >= 11 is 1.64. The summed E-state index contributed by atoms with van der Waals surface area (Å²) in [5.74, 6) is 0.774. The monoisotopic (exact) mass is 275 g/mol. The molecule has 0 unspecified atom stereocenters. The molecule has 0 aromatic carbocycles. The lowest BCUT2D eigenvalue weighted by Gasteiger charge is -2.29. The molecule has 1 aliphatic heterocycles. The molecule has 1 aliphatic rings. The van der Waals surface area contributed by atoms with Crippen molar-refractivity contribution in [1.29, 1.82) is 0 Å². The Labute approximate surface area is 116 Å². The van der Waals surface area contributed by atoms with Crippen LogP contribution in [-0.2, 0) is 0 Å². The van der Waals surface area contributed by atoms with Gasteiger partial charge in [-0.3, -0.25) is 9.89 Å². The highest BCUT2D eigenvalue weighted by Gasteiger charge is 2.23. The zero-order valence-corrected chi connectivity index (χ0v) is 11.7. The highest BCUT2D eigenvalue weighted by Crippen LogP contribution is 2.24. The van der Waals surface area contributed by atoms with Gasteiger partial charge in [0, 0.05) is 13.1 Å². The molecule has 0 saturated carbocycles. The van der Waals surface area contributed by atoms with Gasteiger partial charge in [-0.25, -0.2) is 0 Å². The van der Waals surface area contributed by atoms with Gasteiger partial charge in [0.05, 0.1) is 10.6 Å². The number of aromatic amines is 1. The minimum absolute atomic E-state index is 0.0472. The Balaban J connectivity index is 1.74. The first-order valence-corrected chi connectivity index (χ1v) is 7.50. The van der Waals surface area contributed by atoms with Gasteiger partial charge in [0.15, 0.2) is 5.69 Å². The molecule has 0 spiro atoms. The fourth-order valence-electron chi connectivity index (χ4n) is 2.36. The van der Waals surface area contributed by atoms with Gasteiger partial charge in [0.1, 0.15) is 0 Å². The predicted molar refractivity (Wildman–Crippen MR) is 76.2 cm³/mol. The van der Waals surface area contributed by atoms with E-state index in [1.165, 1.54) is 0 Å². The van der Waals surface area contributed by atoms with Crippen LogP contribution in [0.5, 0.6) is 0 Å². The van der Waals surface area contributed by atoms with E-state index in [1.54, 1.807) is 11.3 Å². The third kappa shape index (κ3) is 2.56. The van der Waals surface area contributed by atoms with E-state index in [9.17, 15) is 4.79 Å². The molecule has 3 heterocycles. The normalized spacial score (nSPS) is 16.8. The first-order chi connectivity index (χ1) is 9.24. The quantitative estimate of drug-likeness (QED) is 0.916. The van der Waals surface area contributed by atoms with Crippen LogP contribution in [0.25, 0.3) is 10.6 Å². The molecule has 1 fully saturated rings. The third-order valence-electron chi connectivity index (χ3n) is 3.65. The number of carbonyl (C=O) groups excluding carboxylic acids is 1. The Morgan fingerprint density at radius 2 is 2.26 bits per heavy atom. The van der Waals surface area contributed by atoms with Gasteiger partial charge in [-0.1, -0.05) is 13.0 Å². The highest BCUT2D eigenvalue weighted by molar-refractivity contribution is 7.13. The summed E-state index contributed by atoms with van der Waals surface area (Å²) in [5.41, 5.74) is 1.45. The van der Waals surface area contributed by atoms with Gasteiger partial charge in [0.25, 0.3) is 5.91 Å². The van der Waals surface area contributed by atoms with E-state index in [4.69, 9.17) is 0 Å². The zero-order valence-electron chi connectivity index (χ0n) is 10.9. The summed E-state index contributed by atoms with van der Waals surface area (Å²) in [6.07, 6.45) is 2.18. The fourth-order valence-corrected chi connectivity index (χ4v) is 3.06. The molecule has 2 aromatic rings. The summed E-state index contributed by atoms with van der Waals surface area (Å²) in [6.45, 7) is 3.94. The van der Waals surface area contributed by atoms with E-state index in [2.05, 4.69) is 17.1 Å². The molecule has 4 nitrogen and oxygen atoms in total. The minimum atomic E-state index is 0.0472. The standard InChI is InChI=1S/C14H17N3OS/c1-10-4-6-17(7-5-10)14(18)12-9-11(15-16-12)13-3-2-8-19-13/h2-3,8-10H,4-7H2,1H3,(H,15,16). The Morgan fingerprint density at radius 3 is 2.95 bits per heavy atom. The fraction of sp³-hybridized carbons (Fsp3) is 0.429. The van der Waals surface area contributed by atoms with Crippen molar-refractivity contribution >= 4 is 17.2 Å². The molecule has 1 saturated heterocycles. The van der Waals surface area contributed by atoms with Crippen molar-refractivity contribution in [1.82, 2.24) is 15.1 Å². The smallest absolute Gasteiger partial charge is 0.274 e. The molecule has 1 N–H and O–H groups in total. The lowest BCUT2D eigenvalue weighted by atomic mass is 9.99. The largest absolute Gasteiger partial charge is 0.337 e. The predicted octanol–water partition coefficient (Wildman–Crippen LogP) is 3.01. The lowest BCUT2D eigenvalue weighted by Crippen LogP contribution is -2.38. The molecule has 19 heavy (non-hydrogen) atoms. The molecule has 0 atom stereocenters. The summed E-state index contributed by atoms with van der Waals surface area (Å²) in [7, 11) is 0. The van der Waals surface area contributed by atoms with Crippen molar-refractivity contribution in [2.24, 2.45) is 5.92 Å². The summed E-state index contributed by atoms with van der Waals surface area (Å²) in [6, 6.07) is 5.87. The van der Waals surface area contributed by atoms with Gasteiger partial charge in [-0.15, -0.1) is 11.3 Å². The number of aromatic nitrogens is 2. The van der Waals surface area contributed by atoms with Gasteiger partial charge in [-0.2, -0.15) is 5.10 Å². The maximum absolute atomic E-state index is 12.3. The van der Waals surface area contributed by atoms with Crippen molar-refractivity contribution in [3.63, 3.8) is 0 Å². The van der Waals surface area contributed by atoms with E-state index in [1.807, 2.05) is 28.5 Å². The van der Waals surface area contributed by atoms with Crippen LogP contribution < -0.4 is 0 Å². The van der Waals surface area contributed by atoms with Crippen LogP contribution in [0.4, 0.5) is 0 Å². The lowest BCUT2D eigenvalue weighted by molar-refractivity contribution is 0.0691. The average Bonchev–Trinajstić information content (AvgIpc) is 3.10. The Hall–Kier alpha value is -1.62. The second kappa shape index (κ2) is 5.17. The van der Waals surface area contributed by atoms with Crippen LogP contribution in [-0.4, -0.2) is 34.1 Å². The van der Waals surface area contributed by atoms with Gasteiger partial charge in [-0.05, 0) is 36.3 Å². The van der Waals surface area contributed by atoms with Crippen molar-refractivity contribution in [3.05, 3.63) is 29.3 Å². The number of hydrogen-bond donors (Lipinski definition) is 1. The highest BCUT2D eigenvalue weighted by atomic mass is 32.1. The summed E-state index contributed by atoms with van der Waals surface area (Å²) < 4.78 is 0. The average molecular weight is 275 g/mol. The van der Waals surface area contributed by atoms with Gasteiger partial charge in [0.2, 0.25) is 0 Å². The van der Waals surface area contributed by atoms with Crippen LogP contribution in [0.3, 0.4) is 0 Å². The number of likely N-dealkylation sites (tertiary alicyclic amines) is 1. The number of hydrogen-bond acceptors (Lipinski definition) is 3. The van der Waals surface area contributed by atoms with Crippen molar-refractivity contribution in [2.75, 3.05) is 13.1 Å². The van der Waals surface area contributed by atoms with Crippen LogP contribution in [0.1, 0.15) is 30.3 Å². The van der Waals surface area contributed by atoms with Crippen molar-refractivity contribution < 1.29 is 4.79 Å². The number of amides is 1. The molecule has 3 rings (SSSR count). The molecule has 100 valence electrons. The molecule has 2 aromatic heterocycles.